The Balaban J connectivity index is -0.0000000199. The summed E-state index contributed by atoms with van der Waals surface area (Å²) < 4.78 is 0. The number of rotatable bonds is 3. The Morgan fingerprint density at radius 3 is 0.219 bits per heavy atom. The molecule has 0 aliphatic rings. The first-order chi connectivity index (χ1) is 26.5. The monoisotopic (exact) mass is 1120 g/mol. The van der Waals surface area contributed by atoms with Crippen molar-refractivity contribution in [2.45, 2.75) is 83.1 Å². The van der Waals surface area contributed by atoms with Gasteiger partial charge in [0.15, 0.2) is 0 Å². The fourth-order valence-electron chi connectivity index (χ4n) is 0. The van der Waals surface area contributed by atoms with Crippen molar-refractivity contribution in [1.29, 1.82) is 0 Å². The quantitative estimate of drug-likeness (QED) is 0.143. The van der Waals surface area contributed by atoms with Crippen molar-refractivity contribution in [2.75, 3.05) is 39.3 Å². The van der Waals surface area contributed by atoms with Crippen LogP contribution in [0.5, 0.6) is 0 Å². The van der Waals surface area contributed by atoms with Crippen LogP contribution in [0.25, 0.3) is 0 Å². The van der Waals surface area contributed by atoms with E-state index >= 15 is 0 Å². The molecule has 0 saturated carbocycles. The van der Waals surface area contributed by atoms with Crippen molar-refractivity contribution < 1.29 is 185 Å². The molecule has 0 fully saturated rings. The van der Waals surface area contributed by atoms with Crippen LogP contribution in [0.1, 0.15) is 83.1 Å². The zero-order chi connectivity index (χ0) is 53.2. The van der Waals surface area contributed by atoms with Crippen LogP contribution in [0.15, 0.2) is 0 Å². The SMILES string of the molecule is CC(=O)[O-].CC(=O)[O-].CC(=O)[O-].CC(=O)[O-].CC(=O)[O-].CC(=O)[O-].CC(=O)[O-].CC(=O)[O-].CC(=O)[O-].CC(=O)[O-].CC(=O)[O-].CC(=O)[O-].NCCN.NCCN.NCCN.[Ni+3].[Ni+3].[Ni+3].[Ni+3]. The first kappa shape index (κ1) is 124. The normalized spacial score (nSPS) is 6.09. The molecule has 34 heteroatoms. The molecule has 64 heavy (non-hydrogen) atoms. The number of carboxylic acids is 12. The third kappa shape index (κ3) is 69000. The van der Waals surface area contributed by atoms with Crippen LogP contribution in [0.3, 0.4) is 0 Å². The summed E-state index contributed by atoms with van der Waals surface area (Å²) >= 11 is 0. The molecule has 0 aromatic rings. The molecule has 4 radical (unpaired) electrons. The van der Waals surface area contributed by atoms with Crippen LogP contribution in [-0.2, 0) is 124 Å². The molecule has 0 aliphatic heterocycles. The molecule has 0 spiro atoms. The zero-order valence-corrected chi connectivity index (χ0v) is 40.7. The van der Waals surface area contributed by atoms with E-state index in [0.717, 1.165) is 83.1 Å². The van der Waals surface area contributed by atoms with Crippen molar-refractivity contribution in [2.24, 2.45) is 34.4 Å². The Morgan fingerprint density at radius 1 is 0.203 bits per heavy atom. The topological polar surface area (TPSA) is 638 Å². The van der Waals surface area contributed by atoms with Gasteiger partial charge >= 0.3 is 66.0 Å². The van der Waals surface area contributed by atoms with Crippen LogP contribution in [0.2, 0.25) is 0 Å². The maximum atomic E-state index is 8.89. The summed E-state index contributed by atoms with van der Waals surface area (Å²) in [6, 6.07) is 0. The summed E-state index contributed by atoms with van der Waals surface area (Å²) in [6.45, 7) is 15.2. The molecule has 0 saturated heterocycles. The molecular weight excluding hydrogens is 1060 g/mol. The van der Waals surface area contributed by atoms with Crippen molar-refractivity contribution in [3.63, 3.8) is 0 Å². The fraction of sp³-hybridized carbons (Fsp3) is 0.600. The second-order valence-corrected chi connectivity index (χ2v) is 7.63. The molecule has 0 atom stereocenters. The van der Waals surface area contributed by atoms with Gasteiger partial charge in [0.05, 0.1) is 0 Å². The number of hydrogen-bond donors (Lipinski definition) is 6. The molecule has 12 N–H and O–H groups in total. The van der Waals surface area contributed by atoms with Crippen LogP contribution in [-0.4, -0.2) is 111 Å². The van der Waals surface area contributed by atoms with Gasteiger partial charge in [-0.1, -0.05) is 0 Å². The standard InChI is InChI=1S/3C2H8N2.12C2H4O2.4Ni/c3*3-1-2-4;12*1-2(3)4;;;;/h3*1-4H2;12*1H3,(H,3,4);;;;/q;;;;;;;;;;;;;;;4*+3/p-12. The minimum absolute atomic E-state index is 0. The molecule has 0 bridgehead atoms. The van der Waals surface area contributed by atoms with Gasteiger partial charge in [0.2, 0.25) is 0 Å². The third-order valence-electron chi connectivity index (χ3n) is 0.500. The number of carboxylic acid groups (broad SMARTS) is 12. The van der Waals surface area contributed by atoms with E-state index in [-0.39, 0.29) is 66.0 Å². The molecular formula is C30H60N6Ni4O24. The van der Waals surface area contributed by atoms with E-state index in [1.807, 2.05) is 0 Å². The Bertz CT molecular complexity index is 714. The summed E-state index contributed by atoms with van der Waals surface area (Å²) in [5.41, 5.74) is 29.4. The molecule has 0 rings (SSSR count). The van der Waals surface area contributed by atoms with Crippen molar-refractivity contribution >= 4 is 71.6 Å². The van der Waals surface area contributed by atoms with Crippen LogP contribution < -0.4 is 95.7 Å². The minimum atomic E-state index is -1.08. The van der Waals surface area contributed by atoms with E-state index < -0.39 is 71.6 Å². The van der Waals surface area contributed by atoms with Gasteiger partial charge in [0.1, 0.15) is 0 Å². The Hall–Kier alpha value is -4.63. The first-order valence-corrected chi connectivity index (χ1v) is 14.8. The van der Waals surface area contributed by atoms with Crippen molar-refractivity contribution in [1.82, 2.24) is 0 Å². The second-order valence-electron chi connectivity index (χ2n) is 7.63. The van der Waals surface area contributed by atoms with E-state index in [0.29, 0.717) is 39.3 Å². The second kappa shape index (κ2) is 138. The van der Waals surface area contributed by atoms with E-state index in [4.69, 9.17) is 153 Å². The number of hydrogen-bond acceptors (Lipinski definition) is 30. The Morgan fingerprint density at radius 2 is 0.219 bits per heavy atom. The average Bonchev–Trinajstić information content (AvgIpc) is 2.94. The number of carbonyl (C=O) groups is 12. The van der Waals surface area contributed by atoms with Gasteiger partial charge in [-0.25, -0.2) is 0 Å². The average molecular weight is 1120 g/mol. The third-order valence-corrected chi connectivity index (χ3v) is 0.500. The van der Waals surface area contributed by atoms with Gasteiger partial charge in [0, 0.05) is 111 Å². The Kier molecular flexibility index (Phi) is 267. The van der Waals surface area contributed by atoms with Gasteiger partial charge < -0.3 is 153 Å². The van der Waals surface area contributed by atoms with E-state index in [1.165, 1.54) is 0 Å². The Labute approximate surface area is 411 Å². The van der Waals surface area contributed by atoms with Crippen LogP contribution >= 0.6 is 0 Å². The fourth-order valence-corrected chi connectivity index (χ4v) is 0. The molecule has 0 aliphatic carbocycles. The summed E-state index contributed by atoms with van der Waals surface area (Å²) in [5.74, 6) is -13.0. The molecule has 0 aromatic heterocycles. The van der Waals surface area contributed by atoms with Gasteiger partial charge in [-0.15, -0.1) is 0 Å². The number of aliphatic carboxylic acids is 12. The van der Waals surface area contributed by atoms with Gasteiger partial charge in [-0.05, 0) is 83.1 Å². The number of carbonyl (C=O) groups excluding carboxylic acids is 12. The van der Waals surface area contributed by atoms with Crippen LogP contribution in [0, 0.1) is 0 Å². The van der Waals surface area contributed by atoms with Gasteiger partial charge in [-0.3, -0.25) is 0 Å². The predicted octanol–water partition coefficient (Wildman–Crippen LogP) is -18.2. The predicted molar refractivity (Wildman–Crippen MR) is 182 cm³/mol. The molecule has 394 valence electrons. The summed E-state index contributed by atoms with van der Waals surface area (Å²) in [6.07, 6.45) is 0. The summed E-state index contributed by atoms with van der Waals surface area (Å²) in [4.78, 5) is 107. The van der Waals surface area contributed by atoms with E-state index in [2.05, 4.69) is 0 Å². The number of nitrogens with two attached hydrogens (primary N) is 6. The molecule has 0 unspecified atom stereocenters. The molecule has 0 aromatic carbocycles. The van der Waals surface area contributed by atoms with Gasteiger partial charge in [0.25, 0.3) is 0 Å². The van der Waals surface area contributed by atoms with E-state index in [1.54, 1.807) is 0 Å². The summed E-state index contributed by atoms with van der Waals surface area (Å²) in [7, 11) is 0. The minimum Gasteiger partial charge on any atom is -0.550 e. The molecule has 30 nitrogen and oxygen atoms in total. The smallest absolute Gasteiger partial charge is 0.550 e. The maximum absolute atomic E-state index is 8.89. The zero-order valence-electron chi connectivity index (χ0n) is 36.8. The summed E-state index contributed by atoms with van der Waals surface area (Å²) in [5, 5.41) is 107. The van der Waals surface area contributed by atoms with E-state index in [9.17, 15) is 0 Å². The molecule has 0 amide bonds. The maximum Gasteiger partial charge on any atom is 3.00 e. The van der Waals surface area contributed by atoms with Crippen molar-refractivity contribution in [3.8, 4) is 0 Å². The molecule has 0 heterocycles. The first-order valence-electron chi connectivity index (χ1n) is 14.8. The largest absolute Gasteiger partial charge is 3.00 e. The van der Waals surface area contributed by atoms with Crippen LogP contribution in [0.4, 0.5) is 0 Å². The van der Waals surface area contributed by atoms with Gasteiger partial charge in [-0.2, -0.15) is 0 Å². The van der Waals surface area contributed by atoms with Crippen molar-refractivity contribution in [3.05, 3.63) is 0 Å².